The maximum absolute atomic E-state index is 12.3. The Hall–Kier alpha value is -2.37. The third-order valence-corrected chi connectivity index (χ3v) is 3.34. The van der Waals surface area contributed by atoms with Gasteiger partial charge in [-0.05, 0) is 26.0 Å². The number of benzene rings is 1. The molecule has 0 bridgehead atoms. The third kappa shape index (κ3) is 2.49. The van der Waals surface area contributed by atoms with Crippen LogP contribution in [0.2, 0.25) is 0 Å². The zero-order valence-electron chi connectivity index (χ0n) is 11.5. The molecule has 6 nitrogen and oxygen atoms in total. The molecule has 1 aromatic rings. The van der Waals surface area contributed by atoms with E-state index in [0.29, 0.717) is 5.69 Å². The van der Waals surface area contributed by atoms with E-state index < -0.39 is 18.0 Å². The maximum atomic E-state index is 12.3. The average Bonchev–Trinajstić information content (AvgIpc) is 2.60. The number of imide groups is 1. The van der Waals surface area contributed by atoms with E-state index in [4.69, 9.17) is 5.73 Å². The molecule has 2 N–H and O–H groups in total. The number of rotatable bonds is 4. The van der Waals surface area contributed by atoms with Gasteiger partial charge in [-0.25, -0.2) is 4.79 Å². The molecule has 1 aliphatic heterocycles. The summed E-state index contributed by atoms with van der Waals surface area (Å²) < 4.78 is 0. The second-order valence-electron chi connectivity index (χ2n) is 4.87. The summed E-state index contributed by atoms with van der Waals surface area (Å²) in [5, 5.41) is 0. The molecular formula is C14H17N3O3. The first kappa shape index (κ1) is 14.0. The molecule has 0 spiro atoms. The minimum Gasteiger partial charge on any atom is -0.370 e. The van der Waals surface area contributed by atoms with Crippen LogP contribution in [0.15, 0.2) is 24.3 Å². The van der Waals surface area contributed by atoms with Crippen molar-refractivity contribution in [1.82, 2.24) is 4.90 Å². The van der Waals surface area contributed by atoms with Crippen molar-refractivity contribution >= 4 is 23.5 Å². The number of nitrogens with zero attached hydrogens (tertiary/aromatic N) is 2. The van der Waals surface area contributed by atoms with Crippen LogP contribution in [0.1, 0.15) is 18.9 Å². The maximum Gasteiger partial charge on any atom is 0.331 e. The van der Waals surface area contributed by atoms with Crippen molar-refractivity contribution in [2.24, 2.45) is 5.73 Å². The molecule has 0 aliphatic carbocycles. The lowest BCUT2D eigenvalue weighted by Crippen LogP contribution is -2.35. The molecule has 4 amide bonds. The number of anilines is 1. The Bertz CT molecular complexity index is 553. The van der Waals surface area contributed by atoms with Crippen LogP contribution in [0.25, 0.3) is 0 Å². The highest BCUT2D eigenvalue weighted by atomic mass is 16.2. The Labute approximate surface area is 117 Å². The first-order chi connectivity index (χ1) is 9.41. The topological polar surface area (TPSA) is 83.7 Å². The van der Waals surface area contributed by atoms with E-state index in [1.54, 1.807) is 19.1 Å². The summed E-state index contributed by atoms with van der Waals surface area (Å²) in [7, 11) is 0. The molecule has 106 valence electrons. The number of carbonyl (C=O) groups excluding carboxylic acids is 3. The van der Waals surface area contributed by atoms with Crippen molar-refractivity contribution in [1.29, 1.82) is 0 Å². The molecule has 1 fully saturated rings. The second kappa shape index (κ2) is 5.32. The Morgan fingerprint density at radius 1 is 1.25 bits per heavy atom. The number of amides is 4. The summed E-state index contributed by atoms with van der Waals surface area (Å²) in [4.78, 5) is 37.7. The van der Waals surface area contributed by atoms with Gasteiger partial charge in [-0.2, -0.15) is 0 Å². The minimum absolute atomic E-state index is 0.0219. The lowest BCUT2D eigenvalue weighted by molar-refractivity contribution is -0.127. The van der Waals surface area contributed by atoms with Gasteiger partial charge < -0.3 is 5.73 Å². The molecule has 20 heavy (non-hydrogen) atoms. The van der Waals surface area contributed by atoms with Gasteiger partial charge in [0.2, 0.25) is 5.91 Å². The fourth-order valence-corrected chi connectivity index (χ4v) is 2.19. The molecule has 1 saturated heterocycles. The summed E-state index contributed by atoms with van der Waals surface area (Å²) in [6, 6.07) is 6.38. The molecule has 1 atom stereocenters. The fourth-order valence-electron chi connectivity index (χ4n) is 2.19. The van der Waals surface area contributed by atoms with E-state index in [1.807, 2.05) is 19.1 Å². The van der Waals surface area contributed by atoms with Gasteiger partial charge in [-0.1, -0.05) is 17.7 Å². The number of urea groups is 1. The number of hydrogen-bond acceptors (Lipinski definition) is 3. The number of aryl methyl sites for hydroxylation is 1. The lowest BCUT2D eigenvalue weighted by Gasteiger charge is -2.19. The van der Waals surface area contributed by atoms with Crippen LogP contribution in [0.4, 0.5) is 10.5 Å². The predicted octanol–water partition coefficient (Wildman–Crippen LogP) is 1.03. The largest absolute Gasteiger partial charge is 0.370 e. The van der Waals surface area contributed by atoms with E-state index in [0.717, 1.165) is 10.5 Å². The van der Waals surface area contributed by atoms with Gasteiger partial charge in [0, 0.05) is 18.7 Å². The minimum atomic E-state index is -0.571. The molecule has 1 aromatic carbocycles. The van der Waals surface area contributed by atoms with Crippen LogP contribution in [0.5, 0.6) is 0 Å². The molecule has 2 rings (SSSR count). The molecule has 0 saturated carbocycles. The van der Waals surface area contributed by atoms with Crippen LogP contribution in [-0.4, -0.2) is 35.3 Å². The first-order valence-electron chi connectivity index (χ1n) is 6.41. The highest BCUT2D eigenvalue weighted by molar-refractivity contribution is 6.14. The van der Waals surface area contributed by atoms with E-state index in [-0.39, 0.29) is 18.9 Å². The summed E-state index contributed by atoms with van der Waals surface area (Å²) in [6.07, 6.45) is -0.0219. The monoisotopic (exact) mass is 275 g/mol. The quantitative estimate of drug-likeness (QED) is 0.833. The molecule has 0 aromatic heterocycles. The van der Waals surface area contributed by atoms with Crippen molar-refractivity contribution in [3.63, 3.8) is 0 Å². The van der Waals surface area contributed by atoms with Crippen molar-refractivity contribution in [3.05, 3.63) is 29.8 Å². The van der Waals surface area contributed by atoms with Gasteiger partial charge in [-0.3, -0.25) is 19.4 Å². The number of primary amides is 1. The van der Waals surface area contributed by atoms with Gasteiger partial charge in [0.15, 0.2) is 0 Å². The molecule has 0 radical (unpaired) electrons. The molecule has 1 heterocycles. The number of hydrogen-bond donors (Lipinski definition) is 1. The first-order valence-corrected chi connectivity index (χ1v) is 6.41. The average molecular weight is 275 g/mol. The molecule has 0 unspecified atom stereocenters. The lowest BCUT2D eigenvalue weighted by atomic mass is 10.2. The summed E-state index contributed by atoms with van der Waals surface area (Å²) in [6.45, 7) is 3.65. The van der Waals surface area contributed by atoms with Crippen molar-refractivity contribution in [3.8, 4) is 0 Å². The van der Waals surface area contributed by atoms with E-state index >= 15 is 0 Å². The Morgan fingerprint density at radius 3 is 2.40 bits per heavy atom. The molecular weight excluding hydrogens is 258 g/mol. The van der Waals surface area contributed by atoms with Crippen molar-refractivity contribution in [2.45, 2.75) is 26.3 Å². The van der Waals surface area contributed by atoms with Crippen LogP contribution in [-0.2, 0) is 9.59 Å². The normalized spacial score (nSPS) is 18.8. The Balaban J connectivity index is 2.23. The molecule has 1 aliphatic rings. The second-order valence-corrected chi connectivity index (χ2v) is 4.87. The zero-order valence-corrected chi connectivity index (χ0v) is 11.5. The fraction of sp³-hybridized carbons (Fsp3) is 0.357. The van der Waals surface area contributed by atoms with Crippen LogP contribution >= 0.6 is 0 Å². The van der Waals surface area contributed by atoms with Crippen LogP contribution in [0, 0.1) is 6.92 Å². The van der Waals surface area contributed by atoms with Crippen LogP contribution in [0.3, 0.4) is 0 Å². The van der Waals surface area contributed by atoms with E-state index in [1.165, 1.54) is 4.90 Å². The van der Waals surface area contributed by atoms with E-state index in [2.05, 4.69) is 0 Å². The smallest absolute Gasteiger partial charge is 0.331 e. The van der Waals surface area contributed by atoms with Gasteiger partial charge >= 0.3 is 6.03 Å². The number of carbonyl (C=O) groups is 3. The van der Waals surface area contributed by atoms with E-state index in [9.17, 15) is 14.4 Å². The summed E-state index contributed by atoms with van der Waals surface area (Å²) >= 11 is 0. The Kier molecular flexibility index (Phi) is 3.74. The van der Waals surface area contributed by atoms with Gasteiger partial charge in [-0.15, -0.1) is 0 Å². The zero-order chi connectivity index (χ0) is 14.9. The van der Waals surface area contributed by atoms with Crippen LogP contribution < -0.4 is 10.6 Å². The third-order valence-electron chi connectivity index (χ3n) is 3.34. The highest BCUT2D eigenvalue weighted by Gasteiger charge is 2.42. The van der Waals surface area contributed by atoms with Gasteiger partial charge in [0.05, 0.1) is 0 Å². The van der Waals surface area contributed by atoms with Gasteiger partial charge in [0.1, 0.15) is 6.04 Å². The molecule has 6 heteroatoms. The van der Waals surface area contributed by atoms with Gasteiger partial charge in [0.25, 0.3) is 5.91 Å². The summed E-state index contributed by atoms with van der Waals surface area (Å²) in [5.74, 6) is -0.844. The predicted molar refractivity (Wildman–Crippen MR) is 74.0 cm³/mol. The SMILES string of the molecule is Cc1ccc(N2C(=O)N(CCC(N)=O)C(=O)[C@@H]2C)cc1. The Morgan fingerprint density at radius 2 is 1.85 bits per heavy atom. The summed E-state index contributed by atoms with van der Waals surface area (Å²) in [5.41, 5.74) is 6.80. The van der Waals surface area contributed by atoms with Crippen molar-refractivity contribution in [2.75, 3.05) is 11.4 Å². The number of nitrogens with two attached hydrogens (primary N) is 1. The standard InChI is InChI=1S/C14H17N3O3/c1-9-3-5-11(6-4-9)17-10(2)13(19)16(14(17)20)8-7-12(15)18/h3-6,10H,7-8H2,1-2H3,(H2,15,18)/t10-/m0/s1. The van der Waals surface area contributed by atoms with Crippen molar-refractivity contribution < 1.29 is 14.4 Å². The highest BCUT2D eigenvalue weighted by Crippen LogP contribution is 2.26.